The maximum Gasteiger partial charge on any atom is 0.419 e. The second kappa shape index (κ2) is 3.97. The minimum atomic E-state index is -0.306. The Morgan fingerprint density at radius 2 is 2.16 bits per heavy atom. The van der Waals surface area contributed by atoms with E-state index in [1.165, 1.54) is 16.6 Å². The zero-order valence-electron chi connectivity index (χ0n) is 11.9. The Morgan fingerprint density at radius 3 is 2.74 bits per heavy atom. The standard InChI is InChI=1S/C15H20N2O2/c1-15(2)8-10(15)13(16-3)9-5-6-11-12(7-9)19-14(18)17(11)4/h5-7,10,13,16H,8H2,1-4H3. The molecule has 0 bridgehead atoms. The number of nitrogens with zero attached hydrogens (tertiary/aromatic N) is 1. The minimum Gasteiger partial charge on any atom is -0.408 e. The van der Waals surface area contributed by atoms with Crippen molar-refractivity contribution in [1.29, 1.82) is 0 Å². The molecule has 2 unspecified atom stereocenters. The summed E-state index contributed by atoms with van der Waals surface area (Å²) >= 11 is 0. The van der Waals surface area contributed by atoms with Gasteiger partial charge in [0.15, 0.2) is 5.58 Å². The molecule has 2 aromatic rings. The normalized spacial score (nSPS) is 22.6. The summed E-state index contributed by atoms with van der Waals surface area (Å²) in [6.45, 7) is 4.59. The van der Waals surface area contributed by atoms with Crippen molar-refractivity contribution in [3.8, 4) is 0 Å². The summed E-state index contributed by atoms with van der Waals surface area (Å²) in [4.78, 5) is 11.5. The molecular weight excluding hydrogens is 240 g/mol. The topological polar surface area (TPSA) is 47.2 Å². The van der Waals surface area contributed by atoms with Gasteiger partial charge in [-0.05, 0) is 42.5 Å². The summed E-state index contributed by atoms with van der Waals surface area (Å²) in [7, 11) is 3.72. The summed E-state index contributed by atoms with van der Waals surface area (Å²) in [6, 6.07) is 6.37. The van der Waals surface area contributed by atoms with Crippen molar-refractivity contribution in [2.24, 2.45) is 18.4 Å². The van der Waals surface area contributed by atoms with Gasteiger partial charge in [0.25, 0.3) is 0 Å². The number of hydrogen-bond acceptors (Lipinski definition) is 3. The van der Waals surface area contributed by atoms with Gasteiger partial charge in [-0.15, -0.1) is 0 Å². The van der Waals surface area contributed by atoms with Crippen LogP contribution in [0.5, 0.6) is 0 Å². The molecule has 2 atom stereocenters. The summed E-state index contributed by atoms with van der Waals surface area (Å²) < 4.78 is 6.80. The monoisotopic (exact) mass is 260 g/mol. The average molecular weight is 260 g/mol. The van der Waals surface area contributed by atoms with Crippen LogP contribution in [0, 0.1) is 11.3 Å². The van der Waals surface area contributed by atoms with Crippen molar-refractivity contribution in [2.45, 2.75) is 26.3 Å². The molecule has 4 heteroatoms. The van der Waals surface area contributed by atoms with Crippen LogP contribution in [0.4, 0.5) is 0 Å². The third kappa shape index (κ3) is 1.91. The van der Waals surface area contributed by atoms with Crippen LogP contribution < -0.4 is 11.1 Å². The molecule has 0 amide bonds. The van der Waals surface area contributed by atoms with Crippen molar-refractivity contribution in [2.75, 3.05) is 7.05 Å². The molecule has 0 aliphatic heterocycles. The molecule has 1 aromatic carbocycles. The van der Waals surface area contributed by atoms with Gasteiger partial charge in [-0.3, -0.25) is 4.57 Å². The first-order valence-electron chi connectivity index (χ1n) is 6.71. The molecule has 1 N–H and O–H groups in total. The van der Waals surface area contributed by atoms with E-state index in [9.17, 15) is 4.79 Å². The van der Waals surface area contributed by atoms with Crippen molar-refractivity contribution in [1.82, 2.24) is 9.88 Å². The Hall–Kier alpha value is -1.55. The summed E-state index contributed by atoms with van der Waals surface area (Å²) in [5.41, 5.74) is 3.11. The Morgan fingerprint density at radius 1 is 1.47 bits per heavy atom. The highest BCUT2D eigenvalue weighted by Gasteiger charge is 2.50. The third-order valence-corrected chi connectivity index (χ3v) is 4.48. The molecule has 1 fully saturated rings. The van der Waals surface area contributed by atoms with Crippen LogP contribution in [0.25, 0.3) is 11.1 Å². The van der Waals surface area contributed by atoms with E-state index in [0.717, 1.165) is 5.52 Å². The van der Waals surface area contributed by atoms with Gasteiger partial charge in [-0.25, -0.2) is 4.79 Å². The highest BCUT2D eigenvalue weighted by atomic mass is 16.4. The van der Waals surface area contributed by atoms with E-state index in [1.54, 1.807) is 7.05 Å². The van der Waals surface area contributed by atoms with Crippen molar-refractivity contribution in [3.63, 3.8) is 0 Å². The van der Waals surface area contributed by atoms with Crippen LogP contribution in [0.15, 0.2) is 27.4 Å². The molecule has 0 radical (unpaired) electrons. The molecule has 0 saturated heterocycles. The first-order valence-corrected chi connectivity index (χ1v) is 6.71. The predicted molar refractivity (Wildman–Crippen MR) is 75.1 cm³/mol. The van der Waals surface area contributed by atoms with Crippen LogP contribution in [0.1, 0.15) is 31.9 Å². The van der Waals surface area contributed by atoms with E-state index < -0.39 is 0 Å². The molecule has 1 saturated carbocycles. The number of aryl methyl sites for hydroxylation is 1. The molecule has 19 heavy (non-hydrogen) atoms. The number of benzene rings is 1. The Balaban J connectivity index is 2.03. The highest BCUT2D eigenvalue weighted by molar-refractivity contribution is 5.73. The highest BCUT2D eigenvalue weighted by Crippen LogP contribution is 2.57. The van der Waals surface area contributed by atoms with Gasteiger partial charge >= 0.3 is 5.76 Å². The zero-order valence-corrected chi connectivity index (χ0v) is 11.9. The second-order valence-corrected chi connectivity index (χ2v) is 6.22. The van der Waals surface area contributed by atoms with Gasteiger partial charge in [0.05, 0.1) is 5.52 Å². The molecule has 3 rings (SSSR count). The third-order valence-electron chi connectivity index (χ3n) is 4.48. The van der Waals surface area contributed by atoms with Crippen LogP contribution in [0.2, 0.25) is 0 Å². The first kappa shape index (κ1) is 12.5. The van der Waals surface area contributed by atoms with Gasteiger partial charge < -0.3 is 9.73 Å². The molecule has 1 heterocycles. The Labute approximate surface area is 112 Å². The fraction of sp³-hybridized carbons (Fsp3) is 0.533. The largest absolute Gasteiger partial charge is 0.419 e. The van der Waals surface area contributed by atoms with Gasteiger partial charge in [-0.1, -0.05) is 19.9 Å². The molecule has 102 valence electrons. The maximum absolute atomic E-state index is 11.5. The van der Waals surface area contributed by atoms with E-state index in [1.807, 2.05) is 19.2 Å². The molecule has 0 spiro atoms. The van der Waals surface area contributed by atoms with Gasteiger partial charge in [-0.2, -0.15) is 0 Å². The van der Waals surface area contributed by atoms with E-state index in [4.69, 9.17) is 4.42 Å². The van der Waals surface area contributed by atoms with Crippen molar-refractivity contribution >= 4 is 11.1 Å². The lowest BCUT2D eigenvalue weighted by molar-refractivity contribution is 0.440. The molecule has 4 nitrogen and oxygen atoms in total. The van der Waals surface area contributed by atoms with E-state index in [2.05, 4.69) is 25.2 Å². The van der Waals surface area contributed by atoms with Crippen molar-refractivity contribution in [3.05, 3.63) is 34.3 Å². The van der Waals surface area contributed by atoms with Crippen LogP contribution >= 0.6 is 0 Å². The van der Waals surface area contributed by atoms with Crippen LogP contribution in [-0.2, 0) is 7.05 Å². The Bertz CT molecular complexity index is 681. The minimum absolute atomic E-state index is 0.306. The quantitative estimate of drug-likeness (QED) is 0.922. The molecule has 1 aliphatic carbocycles. The first-order chi connectivity index (χ1) is 8.94. The van der Waals surface area contributed by atoms with Gasteiger partial charge in [0, 0.05) is 13.1 Å². The SMILES string of the molecule is CNC(c1ccc2c(c1)oc(=O)n2C)C1CC1(C)C. The number of hydrogen-bond donors (Lipinski definition) is 1. The lowest BCUT2D eigenvalue weighted by Gasteiger charge is -2.18. The predicted octanol–water partition coefficient (Wildman–Crippen LogP) is 2.44. The number of aromatic nitrogens is 1. The maximum atomic E-state index is 11.5. The Kier molecular flexibility index (Phi) is 2.61. The lowest BCUT2D eigenvalue weighted by atomic mass is 9.97. The van der Waals surface area contributed by atoms with E-state index in [-0.39, 0.29) is 5.76 Å². The fourth-order valence-electron chi connectivity index (χ4n) is 3.02. The molecule has 1 aromatic heterocycles. The smallest absolute Gasteiger partial charge is 0.408 e. The van der Waals surface area contributed by atoms with E-state index >= 15 is 0 Å². The number of oxazole rings is 1. The van der Waals surface area contributed by atoms with Crippen LogP contribution in [-0.4, -0.2) is 11.6 Å². The number of fused-ring (bicyclic) bond motifs is 1. The summed E-state index contributed by atoms with van der Waals surface area (Å²) in [6.07, 6.45) is 1.23. The van der Waals surface area contributed by atoms with Gasteiger partial charge in [0.2, 0.25) is 0 Å². The number of rotatable bonds is 3. The molecule has 1 aliphatic rings. The lowest BCUT2D eigenvalue weighted by Crippen LogP contribution is -2.20. The summed E-state index contributed by atoms with van der Waals surface area (Å²) in [5.74, 6) is 0.338. The van der Waals surface area contributed by atoms with Crippen LogP contribution in [0.3, 0.4) is 0 Å². The van der Waals surface area contributed by atoms with E-state index in [0.29, 0.717) is 23.0 Å². The second-order valence-electron chi connectivity index (χ2n) is 6.22. The van der Waals surface area contributed by atoms with Gasteiger partial charge in [0.1, 0.15) is 0 Å². The average Bonchev–Trinajstić information content (AvgIpc) is 2.88. The zero-order chi connectivity index (χ0) is 13.8. The molecular formula is C15H20N2O2. The number of nitrogens with one attached hydrogen (secondary N) is 1. The summed E-state index contributed by atoms with van der Waals surface area (Å²) in [5, 5.41) is 3.40. The fourth-order valence-corrected chi connectivity index (χ4v) is 3.02. The van der Waals surface area contributed by atoms with Crippen molar-refractivity contribution < 1.29 is 4.42 Å².